The van der Waals surface area contributed by atoms with E-state index >= 15 is 0 Å². The number of likely N-dealkylation sites (N-methyl/N-ethyl adjacent to an activating group) is 1. The zero-order chi connectivity index (χ0) is 21.3. The molecular weight excluding hydrogens is 392 g/mol. The summed E-state index contributed by atoms with van der Waals surface area (Å²) in [5.41, 5.74) is 2.49. The van der Waals surface area contributed by atoms with E-state index in [4.69, 9.17) is 0 Å². The molecule has 9 heteroatoms. The Morgan fingerprint density at radius 3 is 2.62 bits per heavy atom. The highest BCUT2D eigenvalue weighted by molar-refractivity contribution is 7.89. The van der Waals surface area contributed by atoms with Gasteiger partial charge in [-0.25, -0.2) is 13.4 Å². The molecule has 2 heterocycles. The largest absolute Gasteiger partial charge is 0.310 e. The van der Waals surface area contributed by atoms with Crippen molar-refractivity contribution in [3.05, 3.63) is 47.7 Å². The number of sulfonamides is 1. The first-order chi connectivity index (χ1) is 13.6. The molecule has 1 aromatic heterocycles. The maximum atomic E-state index is 12.9. The lowest BCUT2D eigenvalue weighted by Crippen LogP contribution is -2.35. The number of carbonyl (C=O) groups excluding carboxylic acids is 2. The highest BCUT2D eigenvalue weighted by Crippen LogP contribution is 2.34. The molecule has 3 rings (SSSR count). The average Bonchev–Trinajstić information content (AvgIpc) is 2.98. The third-order valence-electron chi connectivity index (χ3n) is 4.86. The van der Waals surface area contributed by atoms with Gasteiger partial charge in [-0.15, -0.1) is 0 Å². The summed E-state index contributed by atoms with van der Waals surface area (Å²) in [5, 5.41) is 2.59. The quantitative estimate of drug-likeness (QED) is 0.803. The number of amides is 2. The molecule has 0 radical (unpaired) electrons. The van der Waals surface area contributed by atoms with Crippen LogP contribution in [0.25, 0.3) is 0 Å². The van der Waals surface area contributed by atoms with E-state index in [1.165, 1.54) is 20.0 Å². The molecule has 1 N–H and O–H groups in total. The number of anilines is 2. The molecule has 0 fully saturated rings. The minimum atomic E-state index is -3.86. The van der Waals surface area contributed by atoms with Crippen molar-refractivity contribution in [2.75, 3.05) is 23.8 Å². The normalized spacial score (nSPS) is 16.0. The van der Waals surface area contributed by atoms with Crippen LogP contribution in [0.15, 0.2) is 41.4 Å². The molecule has 29 heavy (non-hydrogen) atoms. The standard InChI is InChI=1S/C20H24N4O4S/c1-13-5-8-19(21-11-13)22-20(26)12-23(4)29(27,28)17-6-7-18-16(10-17)9-14(2)24(18)15(3)25/h5-8,10-11,14H,9,12H2,1-4H3,(H,21,22,26). The van der Waals surface area contributed by atoms with E-state index in [9.17, 15) is 18.0 Å². The topological polar surface area (TPSA) is 99.7 Å². The van der Waals surface area contributed by atoms with Gasteiger partial charge in [0.2, 0.25) is 21.8 Å². The lowest BCUT2D eigenvalue weighted by atomic mass is 10.1. The zero-order valence-corrected chi connectivity index (χ0v) is 17.7. The molecule has 1 aromatic carbocycles. The van der Waals surface area contributed by atoms with Crippen LogP contribution in [-0.2, 0) is 26.0 Å². The van der Waals surface area contributed by atoms with Gasteiger partial charge in [-0.1, -0.05) is 6.07 Å². The molecule has 0 saturated carbocycles. The van der Waals surface area contributed by atoms with Crippen LogP contribution in [0.5, 0.6) is 0 Å². The summed E-state index contributed by atoms with van der Waals surface area (Å²) < 4.78 is 26.8. The minimum absolute atomic E-state index is 0.0222. The molecule has 1 aliphatic rings. The van der Waals surface area contributed by atoms with E-state index in [2.05, 4.69) is 10.3 Å². The predicted molar refractivity (Wildman–Crippen MR) is 110 cm³/mol. The highest BCUT2D eigenvalue weighted by atomic mass is 32.2. The van der Waals surface area contributed by atoms with E-state index in [1.54, 1.807) is 35.4 Å². The summed E-state index contributed by atoms with van der Waals surface area (Å²) >= 11 is 0. The zero-order valence-electron chi connectivity index (χ0n) is 16.8. The third-order valence-corrected chi connectivity index (χ3v) is 6.66. The summed E-state index contributed by atoms with van der Waals surface area (Å²) in [5.74, 6) is -0.197. The number of nitrogens with one attached hydrogen (secondary N) is 1. The first-order valence-electron chi connectivity index (χ1n) is 9.21. The van der Waals surface area contributed by atoms with Crippen LogP contribution >= 0.6 is 0 Å². The number of aromatic nitrogens is 1. The van der Waals surface area contributed by atoms with Crippen molar-refractivity contribution >= 4 is 33.3 Å². The van der Waals surface area contributed by atoms with Crippen molar-refractivity contribution in [3.8, 4) is 0 Å². The smallest absolute Gasteiger partial charge is 0.243 e. The summed E-state index contributed by atoms with van der Waals surface area (Å²) in [6.07, 6.45) is 2.20. The Kier molecular flexibility index (Phi) is 5.72. The van der Waals surface area contributed by atoms with Crippen LogP contribution in [0.3, 0.4) is 0 Å². The SMILES string of the molecule is CC(=O)N1c2ccc(S(=O)(=O)N(C)CC(=O)Nc3ccc(C)cn3)cc2CC1C. The third kappa shape index (κ3) is 4.30. The number of pyridine rings is 1. The van der Waals surface area contributed by atoms with E-state index < -0.39 is 15.9 Å². The minimum Gasteiger partial charge on any atom is -0.310 e. The summed E-state index contributed by atoms with van der Waals surface area (Å²) in [6.45, 7) is 4.95. The van der Waals surface area contributed by atoms with Crippen molar-refractivity contribution in [3.63, 3.8) is 0 Å². The van der Waals surface area contributed by atoms with Gasteiger partial charge in [0.25, 0.3) is 0 Å². The van der Waals surface area contributed by atoms with E-state index in [0.717, 1.165) is 21.1 Å². The molecule has 1 atom stereocenters. The van der Waals surface area contributed by atoms with E-state index in [0.29, 0.717) is 12.2 Å². The maximum Gasteiger partial charge on any atom is 0.243 e. The molecule has 0 aliphatic carbocycles. The molecule has 1 aliphatic heterocycles. The molecule has 0 bridgehead atoms. The summed E-state index contributed by atoms with van der Waals surface area (Å²) in [4.78, 5) is 29.9. The fraction of sp³-hybridized carbons (Fsp3) is 0.350. The molecule has 154 valence electrons. The Morgan fingerprint density at radius 1 is 1.28 bits per heavy atom. The monoisotopic (exact) mass is 416 g/mol. The first kappa shape index (κ1) is 20.9. The molecule has 0 saturated heterocycles. The van der Waals surface area contributed by atoms with Gasteiger partial charge in [0.1, 0.15) is 5.82 Å². The van der Waals surface area contributed by atoms with Crippen molar-refractivity contribution in [2.45, 2.75) is 38.1 Å². The Morgan fingerprint density at radius 2 is 2.00 bits per heavy atom. The van der Waals surface area contributed by atoms with Gasteiger partial charge in [0.15, 0.2) is 0 Å². The Bertz CT molecular complexity index is 1050. The lowest BCUT2D eigenvalue weighted by Gasteiger charge is -2.21. The van der Waals surface area contributed by atoms with E-state index in [1.807, 2.05) is 13.8 Å². The van der Waals surface area contributed by atoms with Gasteiger partial charge in [0, 0.05) is 31.9 Å². The van der Waals surface area contributed by atoms with E-state index in [-0.39, 0.29) is 23.4 Å². The van der Waals surface area contributed by atoms with Crippen LogP contribution in [0.4, 0.5) is 11.5 Å². The fourth-order valence-electron chi connectivity index (χ4n) is 3.44. The second kappa shape index (κ2) is 7.92. The maximum absolute atomic E-state index is 12.9. The second-order valence-corrected chi connectivity index (χ2v) is 9.31. The van der Waals surface area contributed by atoms with Crippen molar-refractivity contribution in [1.29, 1.82) is 0 Å². The van der Waals surface area contributed by atoms with Crippen LogP contribution < -0.4 is 10.2 Å². The first-order valence-corrected chi connectivity index (χ1v) is 10.6. The average molecular weight is 417 g/mol. The van der Waals surface area contributed by atoms with Gasteiger partial charge in [0.05, 0.1) is 11.4 Å². The summed E-state index contributed by atoms with van der Waals surface area (Å²) in [6, 6.07) is 8.14. The second-order valence-electron chi connectivity index (χ2n) is 7.26. The Labute approximate surface area is 170 Å². The molecule has 1 unspecified atom stereocenters. The van der Waals surface area contributed by atoms with Gasteiger partial charge >= 0.3 is 0 Å². The molecule has 0 spiro atoms. The number of fused-ring (bicyclic) bond motifs is 1. The van der Waals surface area contributed by atoms with Gasteiger partial charge in [-0.05, 0) is 55.7 Å². The van der Waals surface area contributed by atoms with Gasteiger partial charge < -0.3 is 10.2 Å². The fourth-order valence-corrected chi connectivity index (χ4v) is 4.62. The molecule has 2 aromatic rings. The van der Waals surface area contributed by atoms with Crippen molar-refractivity contribution in [1.82, 2.24) is 9.29 Å². The van der Waals surface area contributed by atoms with Gasteiger partial charge in [-0.2, -0.15) is 4.31 Å². The van der Waals surface area contributed by atoms with Crippen molar-refractivity contribution in [2.24, 2.45) is 0 Å². The Balaban J connectivity index is 1.75. The summed E-state index contributed by atoms with van der Waals surface area (Å²) in [7, 11) is -2.50. The number of benzene rings is 1. The lowest BCUT2D eigenvalue weighted by molar-refractivity contribution is -0.117. The predicted octanol–water partition coefficient (Wildman–Crippen LogP) is 1.95. The number of hydrogen-bond acceptors (Lipinski definition) is 5. The van der Waals surface area contributed by atoms with Crippen molar-refractivity contribution < 1.29 is 18.0 Å². The number of carbonyl (C=O) groups is 2. The molecule has 8 nitrogen and oxygen atoms in total. The number of hydrogen-bond donors (Lipinski definition) is 1. The molecule has 2 amide bonds. The Hall–Kier alpha value is -2.78. The van der Waals surface area contributed by atoms with Crippen LogP contribution in [0, 0.1) is 6.92 Å². The molecular formula is C20H24N4O4S. The van der Waals surface area contributed by atoms with Crippen LogP contribution in [-0.4, -0.2) is 49.2 Å². The number of nitrogens with zero attached hydrogens (tertiary/aromatic N) is 3. The highest BCUT2D eigenvalue weighted by Gasteiger charge is 2.31. The van der Waals surface area contributed by atoms with Gasteiger partial charge in [-0.3, -0.25) is 9.59 Å². The van der Waals surface area contributed by atoms with Crippen LogP contribution in [0.1, 0.15) is 25.0 Å². The van der Waals surface area contributed by atoms with Crippen LogP contribution in [0.2, 0.25) is 0 Å². The number of rotatable bonds is 5. The number of aryl methyl sites for hydroxylation is 1.